The Labute approximate surface area is 183 Å². The largest absolute Gasteiger partial charge is 0.490 e. The normalized spacial score (nSPS) is 11.6. The zero-order chi connectivity index (χ0) is 20.8. The fraction of sp³-hybridized carbons (Fsp3) is 0.550. The maximum atomic E-state index is 11.2. The van der Waals surface area contributed by atoms with E-state index in [2.05, 4.69) is 4.74 Å². The molecule has 4 nitrogen and oxygen atoms in total. The fourth-order valence-electron chi connectivity index (χ4n) is 2.56. The predicted octanol–water partition coefficient (Wildman–Crippen LogP) is 6.65. The van der Waals surface area contributed by atoms with Crippen molar-refractivity contribution in [1.82, 2.24) is 0 Å². The molecule has 0 saturated heterocycles. The summed E-state index contributed by atoms with van der Waals surface area (Å²) in [5.74, 6) is 0.989. The summed E-state index contributed by atoms with van der Waals surface area (Å²) in [6.45, 7) is 3.10. The summed E-state index contributed by atoms with van der Waals surface area (Å²) in [6, 6.07) is 3.89. The minimum Gasteiger partial charge on any atom is -0.490 e. The third-order valence-electron chi connectivity index (χ3n) is 3.99. The summed E-state index contributed by atoms with van der Waals surface area (Å²) in [7, 11) is 1.35. The van der Waals surface area contributed by atoms with Gasteiger partial charge in [-0.1, -0.05) is 38.2 Å². The number of hydrogen-bond donors (Lipinski definition) is 0. The molecule has 0 aliphatic heterocycles. The van der Waals surface area contributed by atoms with Crippen molar-refractivity contribution >= 4 is 51.3 Å². The molecule has 28 heavy (non-hydrogen) atoms. The van der Waals surface area contributed by atoms with E-state index in [0.29, 0.717) is 24.7 Å². The quantitative estimate of drug-likeness (QED) is 0.101. The Balaban J connectivity index is 2.35. The molecule has 8 heteroatoms. The number of rotatable bonds is 14. The maximum Gasteiger partial charge on any atom is 0.341 e. The minimum absolute atomic E-state index is 0.396. The SMILES string of the molecule is CCOc1cc(C=CC(=O)OC)ccc1OCCCCCCCC[Si](Cl)(Cl)Cl. The van der Waals surface area contributed by atoms with Crippen LogP contribution in [0.2, 0.25) is 6.04 Å². The van der Waals surface area contributed by atoms with Gasteiger partial charge in [0.1, 0.15) is 0 Å². The van der Waals surface area contributed by atoms with E-state index >= 15 is 0 Å². The predicted molar refractivity (Wildman–Crippen MR) is 120 cm³/mol. The Hall–Kier alpha value is -0.883. The Morgan fingerprint density at radius 3 is 2.32 bits per heavy atom. The molecule has 0 radical (unpaired) electrons. The highest BCUT2D eigenvalue weighted by Gasteiger charge is 2.23. The van der Waals surface area contributed by atoms with Crippen molar-refractivity contribution in [3.63, 3.8) is 0 Å². The van der Waals surface area contributed by atoms with Crippen LogP contribution in [0.4, 0.5) is 0 Å². The van der Waals surface area contributed by atoms with Crippen LogP contribution in [0.5, 0.6) is 11.5 Å². The number of halogens is 3. The lowest BCUT2D eigenvalue weighted by Crippen LogP contribution is -2.07. The molecule has 0 aliphatic carbocycles. The molecule has 0 unspecified atom stereocenters. The number of unbranched alkanes of at least 4 members (excludes halogenated alkanes) is 5. The van der Waals surface area contributed by atoms with Crippen molar-refractivity contribution in [3.8, 4) is 11.5 Å². The van der Waals surface area contributed by atoms with Gasteiger partial charge in [-0.15, -0.1) is 33.2 Å². The van der Waals surface area contributed by atoms with E-state index in [1.54, 1.807) is 6.08 Å². The highest BCUT2D eigenvalue weighted by Crippen LogP contribution is 2.30. The van der Waals surface area contributed by atoms with E-state index in [1.807, 2.05) is 25.1 Å². The number of ether oxygens (including phenoxy) is 3. The molecule has 0 bridgehead atoms. The molecule has 0 aromatic heterocycles. The summed E-state index contributed by atoms with van der Waals surface area (Å²) in [5.41, 5.74) is 0.846. The lowest BCUT2D eigenvalue weighted by Gasteiger charge is -2.12. The van der Waals surface area contributed by atoms with Gasteiger partial charge in [0.15, 0.2) is 11.5 Å². The monoisotopic (exact) mass is 466 g/mol. The molecule has 1 aromatic carbocycles. The van der Waals surface area contributed by atoms with Gasteiger partial charge in [0, 0.05) is 6.08 Å². The summed E-state index contributed by atoms with van der Waals surface area (Å²) >= 11 is 17.6. The van der Waals surface area contributed by atoms with Gasteiger partial charge in [-0.05, 0) is 43.2 Å². The lowest BCUT2D eigenvalue weighted by atomic mass is 10.1. The average molecular weight is 468 g/mol. The molecule has 0 amide bonds. The van der Waals surface area contributed by atoms with Gasteiger partial charge in [0.05, 0.1) is 20.3 Å². The van der Waals surface area contributed by atoms with Crippen molar-refractivity contribution in [3.05, 3.63) is 29.8 Å². The summed E-state index contributed by atoms with van der Waals surface area (Å²) in [4.78, 5) is 11.2. The number of hydrogen-bond acceptors (Lipinski definition) is 4. The zero-order valence-electron chi connectivity index (χ0n) is 16.5. The second-order valence-corrected chi connectivity index (χ2v) is 15.6. The first-order valence-electron chi connectivity index (χ1n) is 9.58. The van der Waals surface area contributed by atoms with Crippen LogP contribution in [0.1, 0.15) is 51.0 Å². The van der Waals surface area contributed by atoms with Gasteiger partial charge in [0.25, 0.3) is 0 Å². The van der Waals surface area contributed by atoms with Crippen molar-refractivity contribution in [1.29, 1.82) is 0 Å². The first-order chi connectivity index (χ1) is 13.4. The fourth-order valence-corrected chi connectivity index (χ4v) is 4.42. The molecular weight excluding hydrogens is 439 g/mol. The third-order valence-corrected chi connectivity index (χ3v) is 6.61. The summed E-state index contributed by atoms with van der Waals surface area (Å²) < 4.78 is 16.1. The van der Waals surface area contributed by atoms with Crippen LogP contribution in [0, 0.1) is 0 Å². The average Bonchev–Trinajstić information content (AvgIpc) is 2.65. The van der Waals surface area contributed by atoms with Gasteiger partial charge in [-0.3, -0.25) is 0 Å². The summed E-state index contributed by atoms with van der Waals surface area (Å²) in [5, 5.41) is 0. The van der Waals surface area contributed by atoms with Crippen LogP contribution >= 0.6 is 33.2 Å². The van der Waals surface area contributed by atoms with E-state index in [0.717, 1.165) is 50.1 Å². The topological polar surface area (TPSA) is 44.8 Å². The second kappa shape index (κ2) is 14.2. The molecule has 1 rings (SSSR count). The van der Waals surface area contributed by atoms with Gasteiger partial charge < -0.3 is 14.2 Å². The van der Waals surface area contributed by atoms with Crippen LogP contribution in [-0.2, 0) is 9.53 Å². The molecule has 0 spiro atoms. The second-order valence-electron chi connectivity index (χ2n) is 6.33. The first-order valence-corrected chi connectivity index (χ1v) is 14.8. The number of carbonyl (C=O) groups excluding carboxylic acids is 1. The van der Waals surface area contributed by atoms with E-state index in [-0.39, 0.29) is 0 Å². The first kappa shape index (κ1) is 25.2. The van der Waals surface area contributed by atoms with Gasteiger partial charge in [-0.25, -0.2) is 4.79 Å². The van der Waals surface area contributed by atoms with Crippen LogP contribution in [0.25, 0.3) is 6.08 Å². The van der Waals surface area contributed by atoms with Gasteiger partial charge in [0.2, 0.25) is 0 Å². The maximum absolute atomic E-state index is 11.2. The van der Waals surface area contributed by atoms with Gasteiger partial charge >= 0.3 is 12.0 Å². The van der Waals surface area contributed by atoms with Crippen molar-refractivity contribution in [2.45, 2.75) is 51.5 Å². The van der Waals surface area contributed by atoms with Crippen molar-refractivity contribution in [2.75, 3.05) is 20.3 Å². The Bertz CT molecular complexity index is 618. The van der Waals surface area contributed by atoms with E-state index in [1.165, 1.54) is 13.2 Å². The van der Waals surface area contributed by atoms with Crippen LogP contribution in [-0.4, -0.2) is 32.3 Å². The third kappa shape index (κ3) is 11.8. The zero-order valence-corrected chi connectivity index (χ0v) is 19.8. The molecule has 0 saturated carbocycles. The van der Waals surface area contributed by atoms with Crippen LogP contribution in [0.15, 0.2) is 24.3 Å². The molecule has 1 aromatic rings. The van der Waals surface area contributed by atoms with E-state index in [9.17, 15) is 4.79 Å². The highest BCUT2D eigenvalue weighted by molar-refractivity contribution is 7.64. The standard InChI is InChI=1S/C20H29Cl3O4Si/c1-3-26-19-16-17(11-13-20(24)25-2)10-12-18(19)27-14-8-6-4-5-7-9-15-28(21,22)23/h10-13,16H,3-9,14-15H2,1-2H3. The van der Waals surface area contributed by atoms with Gasteiger partial charge in [-0.2, -0.15) is 0 Å². The van der Waals surface area contributed by atoms with E-state index < -0.39 is 12.0 Å². The molecule has 158 valence electrons. The Morgan fingerprint density at radius 2 is 1.68 bits per heavy atom. The highest BCUT2D eigenvalue weighted by atomic mass is 35.8. The molecule has 0 heterocycles. The number of benzene rings is 1. The van der Waals surface area contributed by atoms with Crippen LogP contribution in [0.3, 0.4) is 0 Å². The van der Waals surface area contributed by atoms with Crippen LogP contribution < -0.4 is 9.47 Å². The minimum atomic E-state index is -2.45. The number of methoxy groups -OCH3 is 1. The molecule has 0 N–H and O–H groups in total. The smallest absolute Gasteiger partial charge is 0.341 e. The Morgan fingerprint density at radius 1 is 1.00 bits per heavy atom. The molecule has 0 atom stereocenters. The molecule has 0 aliphatic rings. The molecule has 0 fully saturated rings. The molecular formula is C20H29Cl3O4Si. The van der Waals surface area contributed by atoms with Crippen molar-refractivity contribution < 1.29 is 19.0 Å². The number of carbonyl (C=O) groups is 1. The summed E-state index contributed by atoms with van der Waals surface area (Å²) in [6.07, 6.45) is 9.56. The van der Waals surface area contributed by atoms with Crippen molar-refractivity contribution in [2.24, 2.45) is 0 Å². The number of esters is 1. The Kier molecular flexibility index (Phi) is 12.7. The van der Waals surface area contributed by atoms with E-state index in [4.69, 9.17) is 42.7 Å². The lowest BCUT2D eigenvalue weighted by molar-refractivity contribution is -0.134.